The number of thioether (sulfide) groups is 1. The van der Waals surface area contributed by atoms with Crippen molar-refractivity contribution in [3.8, 4) is 10.4 Å². The molecular weight excluding hydrogens is 814 g/mol. The molecule has 0 unspecified atom stereocenters. The number of hydrogen-bond acceptors (Lipinski definition) is 8. The fourth-order valence-corrected chi connectivity index (χ4v) is 21.8. The van der Waals surface area contributed by atoms with Crippen LogP contribution in [0.1, 0.15) is 93.2 Å². The number of pyridine rings is 1. The van der Waals surface area contributed by atoms with E-state index >= 15 is 13.2 Å². The number of piperazine rings is 1. The van der Waals surface area contributed by atoms with Crippen LogP contribution in [-0.4, -0.2) is 70.1 Å². The maximum atomic E-state index is 15.7. The van der Waals surface area contributed by atoms with Crippen molar-refractivity contribution in [2.75, 3.05) is 23.7 Å². The summed E-state index contributed by atoms with van der Waals surface area (Å²) in [5.74, 6) is -0.645. The molecule has 3 aromatic heterocycles. The SMILES string of the molecule is CC(C)[Si](c1sc(-c2c(C(F)(F)F)cc3c(N4C[C@@H](C)N(C(=O)OC(C)(C)C)[C@@H](C)C4)nc(=O)n4c3c2SC[C@@H](c2cncc(F)c2)C4)cc1Cl)(C(C)C)C(C)C. The maximum Gasteiger partial charge on any atom is 0.417 e. The minimum atomic E-state index is -4.80. The van der Waals surface area contributed by atoms with E-state index in [-0.39, 0.29) is 58.8 Å². The molecule has 0 N–H and O–H groups in total. The number of nitrogens with zero attached hydrogens (tertiary/aromatic N) is 5. The summed E-state index contributed by atoms with van der Waals surface area (Å²) in [5, 5.41) is 0.647. The lowest BCUT2D eigenvalue weighted by Crippen LogP contribution is -2.59. The van der Waals surface area contributed by atoms with E-state index in [2.05, 4.69) is 51.5 Å². The third-order valence-corrected chi connectivity index (χ3v) is 22.5. The van der Waals surface area contributed by atoms with Gasteiger partial charge in [-0.1, -0.05) is 53.1 Å². The third kappa shape index (κ3) is 7.98. The van der Waals surface area contributed by atoms with E-state index in [1.807, 2.05) is 13.8 Å². The van der Waals surface area contributed by atoms with Gasteiger partial charge in [-0.2, -0.15) is 18.2 Å². The number of hydrogen-bond donors (Lipinski definition) is 0. The number of alkyl halides is 3. The summed E-state index contributed by atoms with van der Waals surface area (Å²) < 4.78 is 69.8. The molecule has 1 aromatic carbocycles. The van der Waals surface area contributed by atoms with Crippen molar-refractivity contribution >= 4 is 70.1 Å². The number of ether oxygens (including phenoxy) is 1. The van der Waals surface area contributed by atoms with Crippen molar-refractivity contribution in [3.05, 3.63) is 63.0 Å². The average Bonchev–Trinajstić information content (AvgIpc) is 3.32. The molecule has 1 saturated heterocycles. The Hall–Kier alpha value is -3.14. The molecule has 2 aliphatic heterocycles. The second-order valence-corrected chi connectivity index (χ2v) is 26.2. The summed E-state index contributed by atoms with van der Waals surface area (Å²) in [6.07, 6.45) is -2.67. The Morgan fingerprint density at radius 3 is 2.12 bits per heavy atom. The topological polar surface area (TPSA) is 80.6 Å². The lowest BCUT2D eigenvalue weighted by Gasteiger charge is -2.45. The van der Waals surface area contributed by atoms with Gasteiger partial charge in [0.1, 0.15) is 25.3 Å². The van der Waals surface area contributed by atoms with Gasteiger partial charge in [0.25, 0.3) is 0 Å². The lowest BCUT2D eigenvalue weighted by molar-refractivity contribution is -0.137. The van der Waals surface area contributed by atoms with E-state index in [0.29, 0.717) is 25.9 Å². The molecule has 0 bridgehead atoms. The van der Waals surface area contributed by atoms with Gasteiger partial charge in [0.2, 0.25) is 0 Å². The molecule has 1 fully saturated rings. The summed E-state index contributed by atoms with van der Waals surface area (Å²) in [4.78, 5) is 40.3. The van der Waals surface area contributed by atoms with Gasteiger partial charge in [-0.25, -0.2) is 14.0 Å². The number of amides is 1. The zero-order chi connectivity index (χ0) is 42.1. The minimum Gasteiger partial charge on any atom is -0.444 e. The molecule has 5 heterocycles. The molecule has 8 nitrogen and oxygen atoms in total. The Balaban J connectivity index is 1.63. The van der Waals surface area contributed by atoms with Gasteiger partial charge in [0.15, 0.2) is 0 Å². The van der Waals surface area contributed by atoms with Crippen molar-refractivity contribution < 1.29 is 27.1 Å². The highest BCUT2D eigenvalue weighted by atomic mass is 35.5. The Kier molecular flexibility index (Phi) is 12.0. The zero-order valence-corrected chi connectivity index (χ0v) is 37.7. The number of rotatable bonds is 7. The standard InChI is InChI=1S/C41H52ClF4N5O3S2Si/c1-21(2)57(22(3)4,23(5)6)37-31(42)14-32(56-37)33-30(41(44,45)46)13-29-34-35(33)55-20-27(26-12-28(43)16-47-15-26)19-50(34)38(52)48-36(29)49-17-24(7)51(25(8)18-49)39(53)54-40(9,10)11/h12-16,21-25,27H,17-20H2,1-11H3/t24-,25+,27-/m0/s1. The molecule has 0 aliphatic carbocycles. The Bertz CT molecular complexity index is 2200. The summed E-state index contributed by atoms with van der Waals surface area (Å²) in [6.45, 7) is 22.6. The van der Waals surface area contributed by atoms with E-state index < -0.39 is 61.0 Å². The Morgan fingerprint density at radius 1 is 0.965 bits per heavy atom. The van der Waals surface area contributed by atoms with Crippen LogP contribution in [0, 0.1) is 5.82 Å². The molecule has 1 amide bonds. The number of carbonyl (C=O) groups excluding carboxylic acids is 1. The first-order valence-corrected chi connectivity index (χ1v) is 23.9. The quantitative estimate of drug-likeness (QED) is 0.135. The predicted molar refractivity (Wildman–Crippen MR) is 227 cm³/mol. The highest BCUT2D eigenvalue weighted by Crippen LogP contribution is 2.52. The fourth-order valence-electron chi connectivity index (χ4n) is 9.47. The van der Waals surface area contributed by atoms with Crippen LogP contribution in [0.5, 0.6) is 0 Å². The van der Waals surface area contributed by atoms with Crippen molar-refractivity contribution in [2.45, 2.75) is 134 Å². The number of halogens is 5. The Labute approximate surface area is 346 Å². The van der Waals surface area contributed by atoms with Gasteiger partial charge in [-0.3, -0.25) is 14.5 Å². The van der Waals surface area contributed by atoms with Gasteiger partial charge in [0.05, 0.1) is 34.4 Å². The highest BCUT2D eigenvalue weighted by molar-refractivity contribution is 7.99. The average molecular weight is 867 g/mol. The molecule has 0 spiro atoms. The molecule has 310 valence electrons. The molecular formula is C41H52ClF4N5O3S2Si. The molecule has 4 aromatic rings. The minimum absolute atomic E-state index is 0.0166. The van der Waals surface area contributed by atoms with Crippen molar-refractivity contribution in [3.63, 3.8) is 0 Å². The van der Waals surface area contributed by atoms with Crippen LogP contribution in [0.15, 0.2) is 40.3 Å². The van der Waals surface area contributed by atoms with Crippen LogP contribution < -0.4 is 15.1 Å². The smallest absolute Gasteiger partial charge is 0.417 e. The first kappa shape index (κ1) is 43.4. The number of carbonyl (C=O) groups is 1. The van der Waals surface area contributed by atoms with Gasteiger partial charge in [-0.15, -0.1) is 23.1 Å². The molecule has 57 heavy (non-hydrogen) atoms. The molecule has 0 radical (unpaired) electrons. The van der Waals surface area contributed by atoms with Crippen molar-refractivity contribution in [1.82, 2.24) is 19.4 Å². The highest BCUT2D eigenvalue weighted by Gasteiger charge is 2.48. The third-order valence-electron chi connectivity index (χ3n) is 11.5. The molecule has 0 saturated carbocycles. The maximum absolute atomic E-state index is 15.7. The van der Waals surface area contributed by atoms with Crippen LogP contribution in [0.2, 0.25) is 21.6 Å². The Morgan fingerprint density at radius 2 is 1.58 bits per heavy atom. The second kappa shape index (κ2) is 15.8. The predicted octanol–water partition coefficient (Wildman–Crippen LogP) is 10.9. The molecule has 16 heteroatoms. The van der Waals surface area contributed by atoms with Gasteiger partial charge in [-0.05, 0) is 75.0 Å². The summed E-state index contributed by atoms with van der Waals surface area (Å²) in [5.41, 5.74) is -0.573. The van der Waals surface area contributed by atoms with Crippen LogP contribution in [0.3, 0.4) is 0 Å². The van der Waals surface area contributed by atoms with Crippen LogP contribution in [-0.2, 0) is 17.5 Å². The van der Waals surface area contributed by atoms with E-state index in [9.17, 15) is 14.0 Å². The lowest BCUT2D eigenvalue weighted by atomic mass is 9.99. The zero-order valence-electron chi connectivity index (χ0n) is 34.3. The first-order chi connectivity index (χ1) is 26.5. The molecule has 2 aliphatic rings. The number of anilines is 1. The van der Waals surface area contributed by atoms with E-state index in [1.165, 1.54) is 39.9 Å². The summed E-state index contributed by atoms with van der Waals surface area (Å²) in [6, 6.07) is 3.34. The van der Waals surface area contributed by atoms with Crippen molar-refractivity contribution in [1.29, 1.82) is 0 Å². The number of thiophene rings is 1. The van der Waals surface area contributed by atoms with Gasteiger partial charge in [0, 0.05) is 62.7 Å². The summed E-state index contributed by atoms with van der Waals surface area (Å²) >= 11 is 9.72. The van der Waals surface area contributed by atoms with Gasteiger partial charge >= 0.3 is 18.0 Å². The van der Waals surface area contributed by atoms with E-state index in [0.717, 1.165) is 16.8 Å². The van der Waals surface area contributed by atoms with Crippen LogP contribution >= 0.6 is 34.7 Å². The number of aromatic nitrogens is 3. The fraction of sp³-hybridized carbons (Fsp3) is 0.561. The van der Waals surface area contributed by atoms with E-state index in [4.69, 9.17) is 16.3 Å². The second-order valence-electron chi connectivity index (χ2n) is 17.5. The van der Waals surface area contributed by atoms with Crippen molar-refractivity contribution in [2.24, 2.45) is 0 Å². The van der Waals surface area contributed by atoms with E-state index in [1.54, 1.807) is 36.6 Å². The normalized spacial score (nSPS) is 19.6. The molecule has 3 atom stereocenters. The summed E-state index contributed by atoms with van der Waals surface area (Å²) in [7, 11) is -2.41. The molecule has 6 rings (SSSR count). The first-order valence-electron chi connectivity index (χ1n) is 19.5. The van der Waals surface area contributed by atoms with Crippen LogP contribution in [0.4, 0.5) is 28.2 Å². The van der Waals surface area contributed by atoms with Gasteiger partial charge < -0.3 is 9.64 Å². The monoisotopic (exact) mass is 865 g/mol. The largest absolute Gasteiger partial charge is 0.444 e. The number of benzene rings is 1. The van der Waals surface area contributed by atoms with Crippen LogP contribution in [0.25, 0.3) is 21.3 Å².